The van der Waals surface area contributed by atoms with Crippen molar-refractivity contribution in [3.63, 3.8) is 0 Å². The Morgan fingerprint density at radius 3 is 2.13 bits per heavy atom. The van der Waals surface area contributed by atoms with Gasteiger partial charge in [-0.25, -0.2) is 0 Å². The fraction of sp³-hybridized carbons (Fsp3) is 0.0526. The molecular formula is C19H17N3O. The lowest BCUT2D eigenvalue weighted by Crippen LogP contribution is -2.27. The van der Waals surface area contributed by atoms with E-state index in [1.165, 1.54) is 0 Å². The van der Waals surface area contributed by atoms with E-state index >= 15 is 0 Å². The van der Waals surface area contributed by atoms with Gasteiger partial charge in [0.1, 0.15) is 6.04 Å². The van der Waals surface area contributed by atoms with Crippen LogP contribution in [-0.2, 0) is 4.79 Å². The number of rotatable bonds is 4. The van der Waals surface area contributed by atoms with Crippen molar-refractivity contribution in [2.45, 2.75) is 6.04 Å². The minimum absolute atomic E-state index is 0.229. The van der Waals surface area contributed by atoms with Crippen LogP contribution in [0.25, 0.3) is 11.1 Å². The van der Waals surface area contributed by atoms with Gasteiger partial charge in [-0.15, -0.1) is 0 Å². The molecule has 0 unspecified atom stereocenters. The molecule has 0 radical (unpaired) electrons. The Kier molecular flexibility index (Phi) is 4.45. The van der Waals surface area contributed by atoms with Gasteiger partial charge in [0, 0.05) is 18.1 Å². The number of nitrogens with two attached hydrogens (primary N) is 1. The zero-order valence-corrected chi connectivity index (χ0v) is 12.5. The summed E-state index contributed by atoms with van der Waals surface area (Å²) in [5, 5.41) is 2.84. The number of amides is 1. The number of hydrogen-bond donors (Lipinski definition) is 2. The molecule has 1 amide bonds. The van der Waals surface area contributed by atoms with Crippen LogP contribution in [-0.4, -0.2) is 10.9 Å². The fourth-order valence-electron chi connectivity index (χ4n) is 2.32. The van der Waals surface area contributed by atoms with Crippen LogP contribution in [0.15, 0.2) is 79.1 Å². The predicted octanol–water partition coefficient (Wildman–Crippen LogP) is 3.39. The topological polar surface area (TPSA) is 68.0 Å². The smallest absolute Gasteiger partial charge is 0.245 e. The third-order valence-corrected chi connectivity index (χ3v) is 3.61. The lowest BCUT2D eigenvalue weighted by atomic mass is 10.1. The average molecular weight is 303 g/mol. The van der Waals surface area contributed by atoms with Gasteiger partial charge in [0.25, 0.3) is 0 Å². The molecule has 0 bridgehead atoms. The van der Waals surface area contributed by atoms with Crippen molar-refractivity contribution in [1.82, 2.24) is 4.98 Å². The maximum absolute atomic E-state index is 12.2. The predicted molar refractivity (Wildman–Crippen MR) is 91.7 cm³/mol. The molecule has 1 heterocycles. The Bertz CT molecular complexity index is 771. The molecule has 0 spiro atoms. The van der Waals surface area contributed by atoms with Gasteiger partial charge in [0.05, 0.1) is 0 Å². The second kappa shape index (κ2) is 6.85. The number of pyridine rings is 1. The highest BCUT2D eigenvalue weighted by Crippen LogP contribution is 2.21. The highest BCUT2D eigenvalue weighted by Gasteiger charge is 2.15. The number of hydrogen-bond acceptors (Lipinski definition) is 3. The molecule has 0 aliphatic rings. The van der Waals surface area contributed by atoms with E-state index in [0.717, 1.165) is 22.4 Å². The van der Waals surface area contributed by atoms with Gasteiger partial charge < -0.3 is 11.1 Å². The van der Waals surface area contributed by atoms with E-state index in [-0.39, 0.29) is 5.91 Å². The summed E-state index contributed by atoms with van der Waals surface area (Å²) in [7, 11) is 0. The molecule has 1 atom stereocenters. The lowest BCUT2D eigenvalue weighted by molar-refractivity contribution is -0.117. The summed E-state index contributed by atoms with van der Waals surface area (Å²) in [6.07, 6.45) is 3.51. The average Bonchev–Trinajstić information content (AvgIpc) is 2.63. The van der Waals surface area contributed by atoms with Crippen LogP contribution < -0.4 is 11.1 Å². The first-order valence-electron chi connectivity index (χ1n) is 7.36. The van der Waals surface area contributed by atoms with Gasteiger partial charge >= 0.3 is 0 Å². The van der Waals surface area contributed by atoms with Crippen LogP contribution in [0, 0.1) is 0 Å². The summed E-state index contributed by atoms with van der Waals surface area (Å²) in [5.74, 6) is -0.229. The molecule has 3 aromatic rings. The normalized spacial score (nSPS) is 11.7. The summed E-state index contributed by atoms with van der Waals surface area (Å²) in [5.41, 5.74) is 9.65. The van der Waals surface area contributed by atoms with Gasteiger partial charge in [-0.1, -0.05) is 42.5 Å². The molecule has 1 aromatic heterocycles. The molecule has 4 nitrogen and oxygen atoms in total. The van der Waals surface area contributed by atoms with E-state index in [1.807, 2.05) is 66.7 Å². The van der Waals surface area contributed by atoms with Crippen LogP contribution >= 0.6 is 0 Å². The van der Waals surface area contributed by atoms with Crippen molar-refractivity contribution in [2.24, 2.45) is 5.73 Å². The highest BCUT2D eigenvalue weighted by atomic mass is 16.2. The van der Waals surface area contributed by atoms with Crippen molar-refractivity contribution in [3.8, 4) is 11.1 Å². The number of anilines is 1. The van der Waals surface area contributed by atoms with Crippen molar-refractivity contribution in [2.75, 3.05) is 5.32 Å². The number of nitrogens with zero attached hydrogens (tertiary/aromatic N) is 1. The molecule has 23 heavy (non-hydrogen) atoms. The van der Waals surface area contributed by atoms with E-state index in [2.05, 4.69) is 10.3 Å². The molecule has 3 rings (SSSR count). The first kappa shape index (κ1) is 14.9. The Hall–Kier alpha value is -2.98. The third-order valence-electron chi connectivity index (χ3n) is 3.61. The van der Waals surface area contributed by atoms with E-state index in [9.17, 15) is 4.79 Å². The van der Waals surface area contributed by atoms with Gasteiger partial charge in [0.2, 0.25) is 5.91 Å². The number of carbonyl (C=O) groups is 1. The Labute approximate surface area is 135 Å². The minimum atomic E-state index is -0.684. The number of benzene rings is 2. The molecule has 114 valence electrons. The maximum Gasteiger partial charge on any atom is 0.245 e. The summed E-state index contributed by atoms with van der Waals surface area (Å²) in [6.45, 7) is 0. The number of nitrogens with one attached hydrogen (secondary N) is 1. The van der Waals surface area contributed by atoms with Gasteiger partial charge in [-0.3, -0.25) is 9.78 Å². The molecule has 0 aliphatic heterocycles. The molecule has 0 fully saturated rings. The van der Waals surface area contributed by atoms with Crippen molar-refractivity contribution < 1.29 is 4.79 Å². The quantitative estimate of drug-likeness (QED) is 0.776. The summed E-state index contributed by atoms with van der Waals surface area (Å²) >= 11 is 0. The molecular weight excluding hydrogens is 286 g/mol. The van der Waals surface area contributed by atoms with E-state index in [0.29, 0.717) is 0 Å². The van der Waals surface area contributed by atoms with Crippen LogP contribution in [0.5, 0.6) is 0 Å². The molecule has 2 aromatic carbocycles. The largest absolute Gasteiger partial charge is 0.324 e. The minimum Gasteiger partial charge on any atom is -0.324 e. The lowest BCUT2D eigenvalue weighted by Gasteiger charge is -2.13. The van der Waals surface area contributed by atoms with Gasteiger partial charge in [-0.2, -0.15) is 0 Å². The summed E-state index contributed by atoms with van der Waals surface area (Å²) in [6, 6.07) is 20.2. The van der Waals surface area contributed by atoms with Gasteiger partial charge in [0.15, 0.2) is 0 Å². The van der Waals surface area contributed by atoms with Gasteiger partial charge in [-0.05, 0) is 41.0 Å². The Balaban J connectivity index is 1.70. The van der Waals surface area contributed by atoms with Crippen LogP contribution in [0.3, 0.4) is 0 Å². The van der Waals surface area contributed by atoms with Crippen molar-refractivity contribution >= 4 is 11.6 Å². The standard InChI is InChI=1S/C19H17N3O/c20-18(16-4-2-1-3-5-16)19(23)22-17-8-6-14(7-9-17)15-10-12-21-13-11-15/h1-13,18H,20H2,(H,22,23)/t18-/m0/s1. The summed E-state index contributed by atoms with van der Waals surface area (Å²) in [4.78, 5) is 16.2. The van der Waals surface area contributed by atoms with Crippen LogP contribution in [0.4, 0.5) is 5.69 Å². The third kappa shape index (κ3) is 3.62. The monoisotopic (exact) mass is 303 g/mol. The van der Waals surface area contributed by atoms with Crippen molar-refractivity contribution in [3.05, 3.63) is 84.7 Å². The zero-order chi connectivity index (χ0) is 16.1. The molecule has 4 heteroatoms. The summed E-state index contributed by atoms with van der Waals surface area (Å²) < 4.78 is 0. The Morgan fingerprint density at radius 2 is 1.48 bits per heavy atom. The van der Waals surface area contributed by atoms with Crippen LogP contribution in [0.1, 0.15) is 11.6 Å². The maximum atomic E-state index is 12.2. The number of aromatic nitrogens is 1. The first-order valence-corrected chi connectivity index (χ1v) is 7.36. The van der Waals surface area contributed by atoms with Crippen LogP contribution in [0.2, 0.25) is 0 Å². The second-order valence-corrected chi connectivity index (χ2v) is 5.19. The molecule has 3 N–H and O–H groups in total. The molecule has 0 aliphatic carbocycles. The highest BCUT2D eigenvalue weighted by molar-refractivity contribution is 5.95. The van der Waals surface area contributed by atoms with E-state index in [4.69, 9.17) is 5.73 Å². The van der Waals surface area contributed by atoms with E-state index < -0.39 is 6.04 Å². The first-order chi connectivity index (χ1) is 11.2. The Morgan fingerprint density at radius 1 is 0.870 bits per heavy atom. The SMILES string of the molecule is N[C@H](C(=O)Nc1ccc(-c2ccncc2)cc1)c1ccccc1. The molecule has 0 saturated heterocycles. The number of carbonyl (C=O) groups excluding carboxylic acids is 1. The van der Waals surface area contributed by atoms with Crippen molar-refractivity contribution in [1.29, 1.82) is 0 Å². The fourth-order valence-corrected chi connectivity index (χ4v) is 2.32. The molecule has 0 saturated carbocycles. The zero-order valence-electron chi connectivity index (χ0n) is 12.5. The second-order valence-electron chi connectivity index (χ2n) is 5.19. The van der Waals surface area contributed by atoms with E-state index in [1.54, 1.807) is 12.4 Å².